The van der Waals surface area contributed by atoms with Crippen molar-refractivity contribution >= 4 is 24.2 Å². The van der Waals surface area contributed by atoms with Crippen LogP contribution in [0.1, 0.15) is 37.7 Å². The lowest BCUT2D eigenvalue weighted by atomic mass is 9.93. The predicted octanol–water partition coefficient (Wildman–Crippen LogP) is 1.98. The van der Waals surface area contributed by atoms with Crippen LogP contribution >= 0.6 is 0 Å². The van der Waals surface area contributed by atoms with Crippen molar-refractivity contribution in [2.24, 2.45) is 10.7 Å². The Hall–Kier alpha value is -2.33. The molecular weight excluding hydrogens is 308 g/mol. The van der Waals surface area contributed by atoms with Gasteiger partial charge in [-0.25, -0.2) is 0 Å². The summed E-state index contributed by atoms with van der Waals surface area (Å²) in [6.07, 6.45) is 13.0. The van der Waals surface area contributed by atoms with Gasteiger partial charge in [0.25, 0.3) is 0 Å². The number of nitrogens with one attached hydrogen (secondary N) is 2. The highest BCUT2D eigenvalue weighted by Crippen LogP contribution is 2.23. The first-order valence-corrected chi connectivity index (χ1v) is 9.08. The third-order valence-corrected chi connectivity index (χ3v) is 4.95. The molecule has 2 heterocycles. The maximum absolute atomic E-state index is 5.97. The standard InChI is InChI=1S/C21H28N4/c1-3-4-16-11-18(17-6-5-15(2)24-14-17)12-21(20(16)13-22)25-19-7-9-23-10-8-19/h3-5,11-14,17,19,23,25H,1,6-10,22H2,2H3/b16-4-,20-13+. The van der Waals surface area contributed by atoms with Gasteiger partial charge in [0.15, 0.2) is 0 Å². The van der Waals surface area contributed by atoms with E-state index in [-0.39, 0.29) is 0 Å². The van der Waals surface area contributed by atoms with E-state index in [1.807, 2.05) is 19.1 Å². The maximum Gasteiger partial charge on any atom is 0.0439 e. The van der Waals surface area contributed by atoms with Gasteiger partial charge in [-0.05, 0) is 56.1 Å². The normalized spacial score (nSPS) is 22.8. The van der Waals surface area contributed by atoms with E-state index in [2.05, 4.69) is 46.6 Å². The molecule has 1 aromatic rings. The average molecular weight is 336 g/mol. The Kier molecular flexibility index (Phi) is 5.71. The second-order valence-electron chi connectivity index (χ2n) is 6.77. The second-order valence-corrected chi connectivity index (χ2v) is 6.77. The Bertz CT molecular complexity index is 798. The molecule has 3 rings (SSSR count). The first-order valence-electron chi connectivity index (χ1n) is 9.08. The van der Waals surface area contributed by atoms with E-state index in [1.54, 1.807) is 6.20 Å². The van der Waals surface area contributed by atoms with Gasteiger partial charge in [-0.15, -0.1) is 0 Å². The van der Waals surface area contributed by atoms with Gasteiger partial charge < -0.3 is 16.4 Å². The summed E-state index contributed by atoms with van der Waals surface area (Å²) >= 11 is 0. The molecule has 2 aliphatic heterocycles. The molecule has 1 saturated heterocycles. The Morgan fingerprint density at radius 1 is 1.32 bits per heavy atom. The van der Waals surface area contributed by atoms with Crippen molar-refractivity contribution in [2.45, 2.75) is 38.1 Å². The first-order chi connectivity index (χ1) is 12.2. The topological polar surface area (TPSA) is 62.4 Å². The van der Waals surface area contributed by atoms with Crippen LogP contribution in [0.2, 0.25) is 0 Å². The van der Waals surface area contributed by atoms with E-state index in [4.69, 9.17) is 5.73 Å². The molecule has 1 fully saturated rings. The van der Waals surface area contributed by atoms with Crippen molar-refractivity contribution in [3.8, 4) is 0 Å². The number of nitrogens with two attached hydrogens (primary N) is 1. The number of hydrogen-bond acceptors (Lipinski definition) is 4. The van der Waals surface area contributed by atoms with Crippen molar-refractivity contribution in [3.05, 3.63) is 52.6 Å². The zero-order chi connectivity index (χ0) is 17.6. The molecule has 0 aromatic heterocycles. The largest absolute Gasteiger partial charge is 0.404 e. The number of aliphatic imine (C=N–C) groups is 1. The molecule has 4 N–H and O–H groups in total. The SMILES string of the molecule is C=C/C=c1/cc(C2C=NC(C)=CC2)cc(NC2CCNCC2)/c1=C/N. The minimum Gasteiger partial charge on any atom is -0.404 e. The van der Waals surface area contributed by atoms with Crippen molar-refractivity contribution in [1.82, 2.24) is 5.32 Å². The van der Waals surface area contributed by atoms with Crippen LogP contribution in [0.15, 0.2) is 41.6 Å². The molecule has 0 spiro atoms. The van der Waals surface area contributed by atoms with E-state index in [0.29, 0.717) is 12.0 Å². The molecule has 0 radical (unpaired) electrons. The highest BCUT2D eigenvalue weighted by atomic mass is 15.0. The summed E-state index contributed by atoms with van der Waals surface area (Å²) in [5.74, 6) is 0.307. The molecule has 25 heavy (non-hydrogen) atoms. The molecular formula is C21H28N4. The Morgan fingerprint density at radius 3 is 2.76 bits per heavy atom. The van der Waals surface area contributed by atoms with Crippen LogP contribution in [-0.2, 0) is 0 Å². The molecule has 1 aromatic carbocycles. The molecule has 132 valence electrons. The van der Waals surface area contributed by atoms with Gasteiger partial charge in [0, 0.05) is 41.0 Å². The second kappa shape index (κ2) is 8.17. The fourth-order valence-electron chi connectivity index (χ4n) is 3.51. The summed E-state index contributed by atoms with van der Waals surface area (Å²) in [6.45, 7) is 8.02. The number of anilines is 1. The van der Waals surface area contributed by atoms with Crippen LogP contribution in [0.3, 0.4) is 0 Å². The van der Waals surface area contributed by atoms with Gasteiger partial charge >= 0.3 is 0 Å². The van der Waals surface area contributed by atoms with Gasteiger partial charge in [-0.2, -0.15) is 0 Å². The molecule has 4 nitrogen and oxygen atoms in total. The molecule has 1 unspecified atom stereocenters. The number of piperidine rings is 1. The molecule has 0 aliphatic carbocycles. The van der Waals surface area contributed by atoms with Gasteiger partial charge in [-0.3, -0.25) is 4.99 Å². The summed E-state index contributed by atoms with van der Waals surface area (Å²) in [4.78, 5) is 4.50. The summed E-state index contributed by atoms with van der Waals surface area (Å²) < 4.78 is 0. The van der Waals surface area contributed by atoms with Crippen LogP contribution in [0, 0.1) is 0 Å². The maximum atomic E-state index is 5.97. The van der Waals surface area contributed by atoms with Crippen LogP contribution < -0.4 is 26.8 Å². The molecule has 1 atom stereocenters. The molecule has 2 aliphatic rings. The van der Waals surface area contributed by atoms with Crippen molar-refractivity contribution < 1.29 is 0 Å². The zero-order valence-electron chi connectivity index (χ0n) is 15.0. The first kappa shape index (κ1) is 17.5. The fraction of sp³-hybridized carbons (Fsp3) is 0.381. The number of rotatable bonds is 4. The molecule has 0 bridgehead atoms. The van der Waals surface area contributed by atoms with Crippen molar-refractivity contribution in [1.29, 1.82) is 0 Å². The Morgan fingerprint density at radius 2 is 2.12 bits per heavy atom. The molecule has 0 amide bonds. The lowest BCUT2D eigenvalue weighted by molar-refractivity contribution is 0.479. The highest BCUT2D eigenvalue weighted by Gasteiger charge is 2.16. The predicted molar refractivity (Wildman–Crippen MR) is 108 cm³/mol. The number of allylic oxidation sites excluding steroid dienone is 3. The van der Waals surface area contributed by atoms with E-state index >= 15 is 0 Å². The quantitative estimate of drug-likeness (QED) is 0.788. The fourth-order valence-corrected chi connectivity index (χ4v) is 3.51. The summed E-state index contributed by atoms with van der Waals surface area (Å²) in [5, 5.41) is 9.28. The lowest BCUT2D eigenvalue weighted by Crippen LogP contribution is -2.38. The zero-order valence-corrected chi connectivity index (χ0v) is 15.0. The lowest BCUT2D eigenvalue weighted by Gasteiger charge is -2.26. The van der Waals surface area contributed by atoms with Crippen LogP contribution in [0.4, 0.5) is 5.69 Å². The monoisotopic (exact) mass is 336 g/mol. The van der Waals surface area contributed by atoms with Gasteiger partial charge in [0.05, 0.1) is 0 Å². The van der Waals surface area contributed by atoms with Gasteiger partial charge in [0.2, 0.25) is 0 Å². The minimum atomic E-state index is 0.307. The van der Waals surface area contributed by atoms with E-state index < -0.39 is 0 Å². The van der Waals surface area contributed by atoms with E-state index in [1.165, 1.54) is 5.56 Å². The molecule has 0 saturated carbocycles. The number of benzene rings is 1. The third kappa shape index (κ3) is 4.20. The van der Waals surface area contributed by atoms with E-state index in [9.17, 15) is 0 Å². The van der Waals surface area contributed by atoms with Gasteiger partial charge in [-0.1, -0.05) is 30.9 Å². The van der Waals surface area contributed by atoms with E-state index in [0.717, 1.165) is 54.2 Å². The minimum absolute atomic E-state index is 0.307. The summed E-state index contributed by atoms with van der Waals surface area (Å²) in [7, 11) is 0. The summed E-state index contributed by atoms with van der Waals surface area (Å²) in [6, 6.07) is 4.93. The van der Waals surface area contributed by atoms with Crippen molar-refractivity contribution in [3.63, 3.8) is 0 Å². The highest BCUT2D eigenvalue weighted by molar-refractivity contribution is 5.72. The third-order valence-electron chi connectivity index (χ3n) is 4.95. The number of hydrogen-bond donors (Lipinski definition) is 3. The van der Waals surface area contributed by atoms with Gasteiger partial charge in [0.1, 0.15) is 0 Å². The smallest absolute Gasteiger partial charge is 0.0439 e. The van der Waals surface area contributed by atoms with Crippen LogP contribution in [-0.4, -0.2) is 25.3 Å². The Labute approximate surface area is 149 Å². The summed E-state index contributed by atoms with van der Waals surface area (Å²) in [5.41, 5.74) is 9.43. The van der Waals surface area contributed by atoms with Crippen LogP contribution in [0.25, 0.3) is 12.3 Å². The van der Waals surface area contributed by atoms with Crippen molar-refractivity contribution in [2.75, 3.05) is 18.4 Å². The molecule has 4 heteroatoms. The van der Waals surface area contributed by atoms with Crippen LogP contribution in [0.5, 0.6) is 0 Å². The Balaban J connectivity index is 2.01. The number of nitrogens with zero attached hydrogens (tertiary/aromatic N) is 1. The average Bonchev–Trinajstić information content (AvgIpc) is 2.63.